The Balaban J connectivity index is 1.54. The molecule has 2 aromatic carbocycles. The molecule has 0 bridgehead atoms. The third-order valence-electron chi connectivity index (χ3n) is 6.42. The molecule has 0 N–H and O–H groups in total. The van der Waals surface area contributed by atoms with E-state index in [1.165, 1.54) is 12.1 Å². The van der Waals surface area contributed by atoms with Crippen LogP contribution in [0.1, 0.15) is 43.9 Å². The number of benzene rings is 2. The maximum atomic E-state index is 13.6. The van der Waals surface area contributed by atoms with Gasteiger partial charge in [0.2, 0.25) is 11.8 Å². The number of halogens is 1. The second-order valence-corrected chi connectivity index (χ2v) is 9.02. The van der Waals surface area contributed by atoms with Gasteiger partial charge in [-0.05, 0) is 68.5 Å². The van der Waals surface area contributed by atoms with Crippen LogP contribution in [0, 0.1) is 11.7 Å². The zero-order valence-electron chi connectivity index (χ0n) is 19.5. The first-order valence-electron chi connectivity index (χ1n) is 12.1. The molecule has 0 spiro atoms. The van der Waals surface area contributed by atoms with Gasteiger partial charge in [0, 0.05) is 19.1 Å². The molecule has 1 aliphatic carbocycles. The molecular formula is C27H30FN3O3. The van der Waals surface area contributed by atoms with Gasteiger partial charge < -0.3 is 14.4 Å². The Kier molecular flexibility index (Phi) is 6.63. The van der Waals surface area contributed by atoms with Crippen LogP contribution < -0.4 is 4.74 Å². The van der Waals surface area contributed by atoms with E-state index in [-0.39, 0.29) is 23.7 Å². The number of para-hydroxylation sites is 1. The number of carbonyl (C=O) groups is 1. The summed E-state index contributed by atoms with van der Waals surface area (Å²) in [6.07, 6.45) is 4.64. The number of aromatic nitrogens is 2. The van der Waals surface area contributed by atoms with E-state index >= 15 is 0 Å². The standard InChI is InChI=1S/C27H30FN3O3/c1-2-25-24(18-30(26(32)19-10-11-19)17-23-9-6-16-33-23)27(34-22-7-4-3-5-8-22)31(29-25)21-14-12-20(28)13-15-21/h3-5,7-8,12-15,19,23H,2,6,9-11,16-18H2,1H3/t23-/m0/s1. The smallest absolute Gasteiger partial charge is 0.227 e. The first kappa shape index (κ1) is 22.6. The predicted octanol–water partition coefficient (Wildman–Crippen LogP) is 5.28. The summed E-state index contributed by atoms with van der Waals surface area (Å²) >= 11 is 0. The minimum atomic E-state index is -0.310. The van der Waals surface area contributed by atoms with Gasteiger partial charge in [0.05, 0.1) is 29.6 Å². The van der Waals surface area contributed by atoms with E-state index in [1.807, 2.05) is 42.2 Å². The summed E-state index contributed by atoms with van der Waals surface area (Å²) in [5.41, 5.74) is 2.44. The largest absolute Gasteiger partial charge is 0.439 e. The summed E-state index contributed by atoms with van der Waals surface area (Å²) in [5.74, 6) is 1.20. The van der Waals surface area contributed by atoms with Crippen LogP contribution in [0.2, 0.25) is 0 Å². The quantitative estimate of drug-likeness (QED) is 0.433. The first-order chi connectivity index (χ1) is 16.6. The lowest BCUT2D eigenvalue weighted by atomic mass is 10.1. The number of hydrogen-bond acceptors (Lipinski definition) is 4. The highest BCUT2D eigenvalue weighted by Gasteiger charge is 2.36. The number of aryl methyl sites for hydroxylation is 1. The number of nitrogens with zero attached hydrogens (tertiary/aromatic N) is 3. The number of carbonyl (C=O) groups excluding carboxylic acids is 1. The van der Waals surface area contributed by atoms with Crippen LogP contribution in [-0.4, -0.2) is 39.8 Å². The Hall–Kier alpha value is -3.19. The molecule has 1 amide bonds. The summed E-state index contributed by atoms with van der Waals surface area (Å²) < 4.78 is 27.6. The third-order valence-corrected chi connectivity index (χ3v) is 6.42. The lowest BCUT2D eigenvalue weighted by molar-refractivity contribution is -0.134. The molecule has 1 saturated carbocycles. The summed E-state index contributed by atoms with van der Waals surface area (Å²) in [7, 11) is 0. The number of rotatable bonds is 9. The number of hydrogen-bond donors (Lipinski definition) is 0. The van der Waals surface area contributed by atoms with Crippen LogP contribution in [0.3, 0.4) is 0 Å². The lowest BCUT2D eigenvalue weighted by Crippen LogP contribution is -2.38. The highest BCUT2D eigenvalue weighted by Crippen LogP contribution is 2.35. The fourth-order valence-electron chi connectivity index (χ4n) is 4.43. The van der Waals surface area contributed by atoms with Crippen LogP contribution in [0.25, 0.3) is 5.69 Å². The maximum Gasteiger partial charge on any atom is 0.227 e. The van der Waals surface area contributed by atoms with Gasteiger partial charge in [0.25, 0.3) is 0 Å². The Labute approximate surface area is 199 Å². The molecule has 178 valence electrons. The van der Waals surface area contributed by atoms with Gasteiger partial charge >= 0.3 is 0 Å². The average Bonchev–Trinajstić information content (AvgIpc) is 3.48. The van der Waals surface area contributed by atoms with Gasteiger partial charge in [-0.15, -0.1) is 0 Å². The highest BCUT2D eigenvalue weighted by molar-refractivity contribution is 5.81. The van der Waals surface area contributed by atoms with Gasteiger partial charge in [-0.2, -0.15) is 5.10 Å². The van der Waals surface area contributed by atoms with E-state index in [2.05, 4.69) is 0 Å². The van der Waals surface area contributed by atoms with Gasteiger partial charge in [-0.25, -0.2) is 9.07 Å². The van der Waals surface area contributed by atoms with Crippen molar-refractivity contribution in [2.24, 2.45) is 5.92 Å². The van der Waals surface area contributed by atoms with Gasteiger partial charge in [-0.1, -0.05) is 25.1 Å². The molecule has 2 heterocycles. The minimum absolute atomic E-state index is 0.0680. The van der Waals surface area contributed by atoms with Crippen LogP contribution in [-0.2, 0) is 22.5 Å². The molecule has 0 unspecified atom stereocenters. The molecule has 1 atom stereocenters. The SMILES string of the molecule is CCc1nn(-c2ccc(F)cc2)c(Oc2ccccc2)c1CN(C[C@@H]1CCCO1)C(=O)C1CC1. The zero-order chi connectivity index (χ0) is 23.5. The molecule has 1 saturated heterocycles. The average molecular weight is 464 g/mol. The fraction of sp³-hybridized carbons (Fsp3) is 0.407. The number of ether oxygens (including phenoxy) is 2. The summed E-state index contributed by atoms with van der Waals surface area (Å²) in [4.78, 5) is 15.2. The topological polar surface area (TPSA) is 56.6 Å². The molecule has 2 fully saturated rings. The zero-order valence-corrected chi connectivity index (χ0v) is 19.5. The highest BCUT2D eigenvalue weighted by atomic mass is 19.1. The third kappa shape index (κ3) is 4.99. The molecule has 0 radical (unpaired) electrons. The van der Waals surface area contributed by atoms with Gasteiger partial charge in [-0.3, -0.25) is 4.79 Å². The Morgan fingerprint density at radius 3 is 2.56 bits per heavy atom. The van der Waals surface area contributed by atoms with Crippen LogP contribution in [0.4, 0.5) is 4.39 Å². The Morgan fingerprint density at radius 2 is 1.91 bits per heavy atom. The molecule has 34 heavy (non-hydrogen) atoms. The van der Waals surface area contributed by atoms with Crippen molar-refractivity contribution >= 4 is 5.91 Å². The van der Waals surface area contributed by atoms with Crippen molar-refractivity contribution < 1.29 is 18.7 Å². The predicted molar refractivity (Wildman–Crippen MR) is 127 cm³/mol. The maximum absolute atomic E-state index is 13.6. The van der Waals surface area contributed by atoms with Crippen molar-refractivity contribution in [1.29, 1.82) is 0 Å². The molecule has 7 heteroatoms. The van der Waals surface area contributed by atoms with Gasteiger partial charge in [0.15, 0.2) is 0 Å². The molecule has 1 aromatic heterocycles. The van der Waals surface area contributed by atoms with Crippen molar-refractivity contribution in [1.82, 2.24) is 14.7 Å². The number of amides is 1. The van der Waals surface area contributed by atoms with Crippen molar-refractivity contribution in [2.75, 3.05) is 13.2 Å². The summed E-state index contributed by atoms with van der Waals surface area (Å²) in [5, 5.41) is 4.83. The molecule has 3 aromatic rings. The van der Waals surface area contributed by atoms with Crippen LogP contribution in [0.15, 0.2) is 54.6 Å². The van der Waals surface area contributed by atoms with E-state index in [0.717, 1.165) is 43.5 Å². The normalized spacial score (nSPS) is 17.6. The van der Waals surface area contributed by atoms with Crippen molar-refractivity contribution in [3.05, 3.63) is 71.7 Å². The first-order valence-corrected chi connectivity index (χ1v) is 12.1. The van der Waals surface area contributed by atoms with E-state index in [0.29, 0.717) is 36.8 Å². The molecule has 1 aliphatic heterocycles. The summed E-state index contributed by atoms with van der Waals surface area (Å²) in [6.45, 7) is 3.77. The lowest BCUT2D eigenvalue weighted by Gasteiger charge is -2.26. The second kappa shape index (κ2) is 9.97. The fourth-order valence-corrected chi connectivity index (χ4v) is 4.43. The van der Waals surface area contributed by atoms with Gasteiger partial charge in [0.1, 0.15) is 11.6 Å². The van der Waals surface area contributed by atoms with Crippen molar-refractivity contribution in [2.45, 2.75) is 51.7 Å². The Morgan fingerprint density at radius 1 is 1.15 bits per heavy atom. The van der Waals surface area contributed by atoms with E-state index in [1.54, 1.807) is 16.8 Å². The van der Waals surface area contributed by atoms with E-state index in [4.69, 9.17) is 14.6 Å². The van der Waals surface area contributed by atoms with Crippen LogP contribution >= 0.6 is 0 Å². The van der Waals surface area contributed by atoms with E-state index < -0.39 is 0 Å². The van der Waals surface area contributed by atoms with Crippen molar-refractivity contribution in [3.8, 4) is 17.3 Å². The molecule has 5 rings (SSSR count). The molecular weight excluding hydrogens is 433 g/mol. The van der Waals surface area contributed by atoms with E-state index in [9.17, 15) is 9.18 Å². The Bertz CT molecular complexity index is 1120. The monoisotopic (exact) mass is 463 g/mol. The van der Waals surface area contributed by atoms with Crippen LogP contribution in [0.5, 0.6) is 11.6 Å². The molecule has 6 nitrogen and oxygen atoms in total. The minimum Gasteiger partial charge on any atom is -0.439 e. The molecule has 2 aliphatic rings. The van der Waals surface area contributed by atoms with Crippen molar-refractivity contribution in [3.63, 3.8) is 0 Å². The second-order valence-electron chi connectivity index (χ2n) is 9.02. The summed E-state index contributed by atoms with van der Waals surface area (Å²) in [6, 6.07) is 15.7.